The maximum Gasteiger partial charge on any atom is 0.410 e. The molecule has 2 N–H and O–H groups in total. The van der Waals surface area contributed by atoms with Gasteiger partial charge in [0, 0.05) is 24.0 Å². The standard InChI is InChI=1S/C17H24N2O2/c1-17(2)14(18)13-9-6-10-19(15(13)17)16(20)21-11-12-7-4-3-5-8-12/h3-5,7-8,13-15H,6,9-11,18H2,1-2H3/t13-,14-,15+/m1/s1. The summed E-state index contributed by atoms with van der Waals surface area (Å²) in [6, 6.07) is 10.2. The average Bonchev–Trinajstić information content (AvgIpc) is 2.52. The zero-order valence-corrected chi connectivity index (χ0v) is 12.8. The van der Waals surface area contributed by atoms with Gasteiger partial charge in [0.15, 0.2) is 0 Å². The summed E-state index contributed by atoms with van der Waals surface area (Å²) < 4.78 is 5.49. The van der Waals surface area contributed by atoms with E-state index in [0.717, 1.165) is 24.9 Å². The van der Waals surface area contributed by atoms with Crippen LogP contribution in [0, 0.1) is 11.3 Å². The normalized spacial score (nSPS) is 30.2. The first kappa shape index (κ1) is 14.4. The van der Waals surface area contributed by atoms with E-state index in [0.29, 0.717) is 12.5 Å². The van der Waals surface area contributed by atoms with Crippen LogP contribution in [0.1, 0.15) is 32.3 Å². The van der Waals surface area contributed by atoms with E-state index in [1.54, 1.807) is 0 Å². The van der Waals surface area contributed by atoms with Crippen molar-refractivity contribution >= 4 is 6.09 Å². The second-order valence-corrected chi connectivity index (χ2v) is 6.83. The minimum Gasteiger partial charge on any atom is -0.445 e. The van der Waals surface area contributed by atoms with Crippen molar-refractivity contribution in [2.75, 3.05) is 6.54 Å². The number of ether oxygens (including phenoxy) is 1. The summed E-state index contributed by atoms with van der Waals surface area (Å²) in [6.07, 6.45) is 1.94. The number of hydrogen-bond donors (Lipinski definition) is 1. The fourth-order valence-electron chi connectivity index (χ4n) is 3.99. The van der Waals surface area contributed by atoms with Crippen LogP contribution >= 0.6 is 0 Å². The monoisotopic (exact) mass is 288 g/mol. The van der Waals surface area contributed by atoms with Crippen LogP contribution in [0.2, 0.25) is 0 Å². The van der Waals surface area contributed by atoms with Gasteiger partial charge in [0.05, 0.1) is 0 Å². The lowest BCUT2D eigenvalue weighted by molar-refractivity contribution is -0.0996. The summed E-state index contributed by atoms with van der Waals surface area (Å²) in [5, 5.41) is 0. The van der Waals surface area contributed by atoms with Gasteiger partial charge in [-0.1, -0.05) is 44.2 Å². The molecule has 21 heavy (non-hydrogen) atoms. The molecule has 4 nitrogen and oxygen atoms in total. The van der Waals surface area contributed by atoms with Gasteiger partial charge in [-0.3, -0.25) is 0 Å². The number of carbonyl (C=O) groups excluding carboxylic acids is 1. The van der Waals surface area contributed by atoms with Crippen molar-refractivity contribution in [3.8, 4) is 0 Å². The molecule has 1 aromatic rings. The van der Waals surface area contributed by atoms with Crippen LogP contribution in [-0.4, -0.2) is 29.6 Å². The molecule has 1 heterocycles. The smallest absolute Gasteiger partial charge is 0.410 e. The molecule has 3 rings (SSSR count). The Hall–Kier alpha value is -1.55. The highest BCUT2D eigenvalue weighted by molar-refractivity contribution is 5.69. The van der Waals surface area contributed by atoms with Crippen LogP contribution in [0.3, 0.4) is 0 Å². The van der Waals surface area contributed by atoms with Crippen LogP contribution < -0.4 is 5.73 Å². The second-order valence-electron chi connectivity index (χ2n) is 6.83. The molecular weight excluding hydrogens is 264 g/mol. The lowest BCUT2D eigenvalue weighted by atomic mass is 9.53. The van der Waals surface area contributed by atoms with Gasteiger partial charge in [-0.25, -0.2) is 4.79 Å². The quantitative estimate of drug-likeness (QED) is 0.910. The molecule has 0 aromatic heterocycles. The Morgan fingerprint density at radius 2 is 2.10 bits per heavy atom. The highest BCUT2D eigenvalue weighted by Gasteiger charge is 2.59. The number of carbonyl (C=O) groups is 1. The Kier molecular flexibility index (Phi) is 3.66. The van der Waals surface area contributed by atoms with Gasteiger partial charge in [-0.2, -0.15) is 0 Å². The molecule has 1 aliphatic carbocycles. The number of amides is 1. The number of fused-ring (bicyclic) bond motifs is 1. The number of hydrogen-bond acceptors (Lipinski definition) is 3. The molecule has 1 amide bonds. The third kappa shape index (κ3) is 2.42. The van der Waals surface area contributed by atoms with Gasteiger partial charge in [0.1, 0.15) is 6.61 Å². The Bertz CT molecular complexity index is 515. The van der Waals surface area contributed by atoms with E-state index in [1.165, 1.54) is 0 Å². The summed E-state index contributed by atoms with van der Waals surface area (Å²) in [6.45, 7) is 5.42. The molecule has 0 unspecified atom stereocenters. The van der Waals surface area contributed by atoms with E-state index in [1.807, 2.05) is 35.2 Å². The molecule has 0 radical (unpaired) electrons. The first-order chi connectivity index (χ1) is 10.0. The van der Waals surface area contributed by atoms with Crippen LogP contribution in [0.25, 0.3) is 0 Å². The zero-order chi connectivity index (χ0) is 15.0. The van der Waals surface area contributed by atoms with Crippen molar-refractivity contribution in [3.05, 3.63) is 35.9 Å². The third-order valence-corrected chi connectivity index (χ3v) is 5.20. The predicted octanol–water partition coefficient (Wildman–Crippen LogP) is 2.77. The van der Waals surface area contributed by atoms with Gasteiger partial charge in [0.25, 0.3) is 0 Å². The maximum atomic E-state index is 12.4. The molecular formula is C17H24N2O2. The lowest BCUT2D eigenvalue weighted by Crippen LogP contribution is -2.73. The van der Waals surface area contributed by atoms with Crippen molar-refractivity contribution in [2.24, 2.45) is 17.1 Å². The summed E-state index contributed by atoms with van der Waals surface area (Å²) in [4.78, 5) is 14.3. The van der Waals surface area contributed by atoms with E-state index >= 15 is 0 Å². The molecule has 1 saturated heterocycles. The Morgan fingerprint density at radius 3 is 2.81 bits per heavy atom. The molecule has 0 spiro atoms. The second kappa shape index (κ2) is 5.34. The van der Waals surface area contributed by atoms with Gasteiger partial charge >= 0.3 is 6.09 Å². The minimum atomic E-state index is -0.200. The molecule has 4 heteroatoms. The molecule has 114 valence electrons. The van der Waals surface area contributed by atoms with E-state index in [4.69, 9.17) is 10.5 Å². The van der Waals surface area contributed by atoms with E-state index in [2.05, 4.69) is 13.8 Å². The summed E-state index contributed by atoms with van der Waals surface area (Å²) >= 11 is 0. The van der Waals surface area contributed by atoms with Crippen molar-refractivity contribution in [1.29, 1.82) is 0 Å². The topological polar surface area (TPSA) is 55.6 Å². The maximum absolute atomic E-state index is 12.4. The fourth-order valence-corrected chi connectivity index (χ4v) is 3.99. The zero-order valence-electron chi connectivity index (χ0n) is 12.8. The molecule has 2 aliphatic rings. The summed E-state index contributed by atoms with van der Waals surface area (Å²) in [5.41, 5.74) is 7.26. The average molecular weight is 288 g/mol. The van der Waals surface area contributed by atoms with Crippen LogP contribution in [0.15, 0.2) is 30.3 Å². The third-order valence-electron chi connectivity index (χ3n) is 5.20. The van der Waals surface area contributed by atoms with Crippen molar-refractivity contribution in [1.82, 2.24) is 4.90 Å². The Balaban J connectivity index is 1.64. The van der Waals surface area contributed by atoms with Crippen LogP contribution in [0.4, 0.5) is 4.79 Å². The fraction of sp³-hybridized carbons (Fsp3) is 0.588. The van der Waals surface area contributed by atoms with Crippen LogP contribution in [0.5, 0.6) is 0 Å². The van der Waals surface area contributed by atoms with Crippen LogP contribution in [-0.2, 0) is 11.3 Å². The number of rotatable bonds is 2. The number of nitrogens with zero attached hydrogens (tertiary/aromatic N) is 1. The van der Waals surface area contributed by atoms with Crippen molar-refractivity contribution in [2.45, 2.75) is 45.4 Å². The molecule has 1 saturated carbocycles. The molecule has 3 atom stereocenters. The molecule has 0 bridgehead atoms. The Morgan fingerprint density at radius 1 is 1.38 bits per heavy atom. The molecule has 2 fully saturated rings. The first-order valence-electron chi connectivity index (χ1n) is 7.74. The Labute approximate surface area is 126 Å². The van der Waals surface area contributed by atoms with Gasteiger partial charge < -0.3 is 15.4 Å². The van der Waals surface area contributed by atoms with E-state index < -0.39 is 0 Å². The first-order valence-corrected chi connectivity index (χ1v) is 7.74. The van der Waals surface area contributed by atoms with Gasteiger partial charge in [-0.05, 0) is 24.3 Å². The minimum absolute atomic E-state index is 0.0170. The van der Waals surface area contributed by atoms with E-state index in [-0.39, 0.29) is 23.6 Å². The number of nitrogens with two attached hydrogens (primary N) is 1. The summed E-state index contributed by atoms with van der Waals surface area (Å²) in [5.74, 6) is 0.429. The SMILES string of the molecule is CC1(C)[C@H](N)[C@H]2CCCN(C(=O)OCc3ccccc3)[C@@H]21. The number of likely N-dealkylation sites (tertiary alicyclic amines) is 1. The highest BCUT2D eigenvalue weighted by atomic mass is 16.6. The van der Waals surface area contributed by atoms with Crippen molar-refractivity contribution in [3.63, 3.8) is 0 Å². The number of benzene rings is 1. The predicted molar refractivity (Wildman–Crippen MR) is 81.6 cm³/mol. The number of piperidine rings is 1. The van der Waals surface area contributed by atoms with Crippen molar-refractivity contribution < 1.29 is 9.53 Å². The highest BCUT2D eigenvalue weighted by Crippen LogP contribution is 2.51. The molecule has 1 aromatic carbocycles. The molecule has 1 aliphatic heterocycles. The summed E-state index contributed by atoms with van der Waals surface area (Å²) in [7, 11) is 0. The van der Waals surface area contributed by atoms with Gasteiger partial charge in [0.2, 0.25) is 0 Å². The van der Waals surface area contributed by atoms with Gasteiger partial charge in [-0.15, -0.1) is 0 Å². The lowest BCUT2D eigenvalue weighted by Gasteiger charge is -2.62. The largest absolute Gasteiger partial charge is 0.445 e. The van der Waals surface area contributed by atoms with E-state index in [9.17, 15) is 4.79 Å².